The van der Waals surface area contributed by atoms with Crippen molar-refractivity contribution >= 4 is 0 Å². The van der Waals surface area contributed by atoms with Crippen molar-refractivity contribution in [2.24, 2.45) is 5.73 Å². The Kier molecular flexibility index (Phi) is 3.04. The van der Waals surface area contributed by atoms with Crippen LogP contribution in [0.25, 0.3) is 0 Å². The summed E-state index contributed by atoms with van der Waals surface area (Å²) in [5.74, 6) is 0.973. The van der Waals surface area contributed by atoms with E-state index in [1.165, 1.54) is 5.56 Å². The maximum Gasteiger partial charge on any atom is 0.124 e. The highest BCUT2D eigenvalue weighted by molar-refractivity contribution is 5.41. The van der Waals surface area contributed by atoms with E-state index in [0.29, 0.717) is 0 Å². The highest BCUT2D eigenvalue weighted by Gasteiger charge is 2.40. The van der Waals surface area contributed by atoms with Crippen molar-refractivity contribution in [1.82, 2.24) is 0 Å². The molecular formula is C15H21NO2. The molecule has 1 aromatic rings. The van der Waals surface area contributed by atoms with Gasteiger partial charge in [-0.1, -0.05) is 17.7 Å². The molecule has 18 heavy (non-hydrogen) atoms. The molecule has 3 heteroatoms. The molecule has 1 aromatic carbocycles. The summed E-state index contributed by atoms with van der Waals surface area (Å²) in [5, 5.41) is 0. The Morgan fingerprint density at radius 1 is 1.28 bits per heavy atom. The summed E-state index contributed by atoms with van der Waals surface area (Å²) in [4.78, 5) is 0. The maximum absolute atomic E-state index is 6.35. The molecule has 0 aliphatic carbocycles. The average Bonchev–Trinajstić information content (AvgIpc) is 2.56. The van der Waals surface area contributed by atoms with Gasteiger partial charge < -0.3 is 15.2 Å². The fraction of sp³-hybridized carbons (Fsp3) is 0.600. The summed E-state index contributed by atoms with van der Waals surface area (Å²) >= 11 is 0. The van der Waals surface area contributed by atoms with Crippen LogP contribution in [-0.2, 0) is 4.74 Å². The summed E-state index contributed by atoms with van der Waals surface area (Å²) < 4.78 is 11.8. The molecule has 2 aliphatic heterocycles. The first kappa shape index (κ1) is 12.0. The zero-order valence-electron chi connectivity index (χ0n) is 10.9. The second-order valence-electron chi connectivity index (χ2n) is 5.60. The molecule has 0 amide bonds. The number of ether oxygens (including phenoxy) is 2. The standard InChI is InChI=1S/C15H21NO2/c1-11-3-4-14-12(9-11)13(16)10-15(18-14)5-2-7-17-8-6-15/h3-4,9,13H,2,5-8,10,16H2,1H3/t13-,15?/m0/s1. The molecule has 0 aromatic heterocycles. The van der Waals surface area contributed by atoms with Gasteiger partial charge in [-0.15, -0.1) is 0 Å². The lowest BCUT2D eigenvalue weighted by atomic mass is 9.82. The molecule has 1 saturated heterocycles. The molecule has 0 bridgehead atoms. The Labute approximate surface area is 108 Å². The highest BCUT2D eigenvalue weighted by Crippen LogP contribution is 2.43. The molecule has 98 valence electrons. The second kappa shape index (κ2) is 4.56. The van der Waals surface area contributed by atoms with E-state index in [4.69, 9.17) is 15.2 Å². The molecule has 0 saturated carbocycles. The molecule has 0 radical (unpaired) electrons. The van der Waals surface area contributed by atoms with Crippen LogP contribution in [0.2, 0.25) is 0 Å². The van der Waals surface area contributed by atoms with E-state index >= 15 is 0 Å². The molecule has 3 nitrogen and oxygen atoms in total. The van der Waals surface area contributed by atoms with Gasteiger partial charge >= 0.3 is 0 Å². The topological polar surface area (TPSA) is 44.5 Å². The van der Waals surface area contributed by atoms with Crippen molar-refractivity contribution < 1.29 is 9.47 Å². The minimum Gasteiger partial charge on any atom is -0.487 e. The summed E-state index contributed by atoms with van der Waals surface area (Å²) in [6.07, 6.45) is 3.97. The minimum absolute atomic E-state index is 0.0896. The highest BCUT2D eigenvalue weighted by atomic mass is 16.5. The molecule has 2 N–H and O–H groups in total. The van der Waals surface area contributed by atoms with Gasteiger partial charge in [0.15, 0.2) is 0 Å². The molecule has 2 atom stereocenters. The van der Waals surface area contributed by atoms with Crippen molar-refractivity contribution in [3.05, 3.63) is 29.3 Å². The number of benzene rings is 1. The van der Waals surface area contributed by atoms with Gasteiger partial charge in [0.25, 0.3) is 0 Å². The van der Waals surface area contributed by atoms with Gasteiger partial charge in [-0.2, -0.15) is 0 Å². The number of fused-ring (bicyclic) bond motifs is 1. The zero-order chi connectivity index (χ0) is 12.6. The van der Waals surface area contributed by atoms with E-state index in [2.05, 4.69) is 25.1 Å². The van der Waals surface area contributed by atoms with E-state index in [1.54, 1.807) is 0 Å². The Balaban J connectivity index is 1.92. The first-order chi connectivity index (χ1) is 8.69. The van der Waals surface area contributed by atoms with Crippen LogP contribution in [0.5, 0.6) is 5.75 Å². The molecule has 1 spiro atoms. The Morgan fingerprint density at radius 3 is 3.06 bits per heavy atom. The van der Waals surface area contributed by atoms with Gasteiger partial charge in [0.1, 0.15) is 11.4 Å². The summed E-state index contributed by atoms with van der Waals surface area (Å²) in [5.41, 5.74) is 8.65. The van der Waals surface area contributed by atoms with Crippen molar-refractivity contribution in [3.8, 4) is 5.75 Å². The van der Waals surface area contributed by atoms with E-state index in [-0.39, 0.29) is 11.6 Å². The van der Waals surface area contributed by atoms with Gasteiger partial charge in [0.05, 0.1) is 6.61 Å². The quantitative estimate of drug-likeness (QED) is 0.766. The Bertz CT molecular complexity index is 436. The van der Waals surface area contributed by atoms with Gasteiger partial charge in [0, 0.05) is 31.1 Å². The third-order valence-corrected chi connectivity index (χ3v) is 4.11. The monoisotopic (exact) mass is 247 g/mol. The maximum atomic E-state index is 6.35. The number of hydrogen-bond donors (Lipinski definition) is 1. The second-order valence-corrected chi connectivity index (χ2v) is 5.60. The Hall–Kier alpha value is -1.06. The summed E-state index contributed by atoms with van der Waals surface area (Å²) in [6.45, 7) is 3.73. The van der Waals surface area contributed by atoms with Crippen LogP contribution in [0.4, 0.5) is 0 Å². The van der Waals surface area contributed by atoms with Gasteiger partial charge in [-0.25, -0.2) is 0 Å². The van der Waals surface area contributed by atoms with Crippen LogP contribution >= 0.6 is 0 Å². The lowest BCUT2D eigenvalue weighted by Gasteiger charge is -2.40. The first-order valence-electron chi connectivity index (χ1n) is 6.81. The first-order valence-corrected chi connectivity index (χ1v) is 6.81. The molecule has 1 unspecified atom stereocenters. The third-order valence-electron chi connectivity index (χ3n) is 4.11. The largest absolute Gasteiger partial charge is 0.487 e. The number of rotatable bonds is 0. The molecule has 2 aliphatic rings. The molecular weight excluding hydrogens is 226 g/mol. The SMILES string of the molecule is Cc1ccc2c(c1)[C@@H](N)CC1(CCCOCC1)O2. The number of aryl methyl sites for hydroxylation is 1. The van der Waals surface area contributed by atoms with Crippen LogP contribution in [0.1, 0.15) is 42.9 Å². The Morgan fingerprint density at radius 2 is 2.17 bits per heavy atom. The van der Waals surface area contributed by atoms with E-state index < -0.39 is 0 Å². The smallest absolute Gasteiger partial charge is 0.124 e. The molecule has 3 rings (SSSR count). The van der Waals surface area contributed by atoms with Crippen molar-refractivity contribution in [1.29, 1.82) is 0 Å². The average molecular weight is 247 g/mol. The van der Waals surface area contributed by atoms with Crippen LogP contribution < -0.4 is 10.5 Å². The predicted octanol–water partition coefficient (Wildman–Crippen LogP) is 2.72. The fourth-order valence-electron chi connectivity index (χ4n) is 3.12. The zero-order valence-corrected chi connectivity index (χ0v) is 10.9. The van der Waals surface area contributed by atoms with Gasteiger partial charge in [-0.05, 0) is 25.8 Å². The van der Waals surface area contributed by atoms with Crippen molar-refractivity contribution in [2.45, 2.75) is 44.2 Å². The van der Waals surface area contributed by atoms with Crippen LogP contribution in [-0.4, -0.2) is 18.8 Å². The van der Waals surface area contributed by atoms with E-state index in [9.17, 15) is 0 Å². The summed E-state index contributed by atoms with van der Waals surface area (Å²) in [7, 11) is 0. The lowest BCUT2D eigenvalue weighted by molar-refractivity contribution is 0.0155. The normalized spacial score (nSPS) is 31.6. The van der Waals surface area contributed by atoms with Crippen LogP contribution in [0.15, 0.2) is 18.2 Å². The summed E-state index contributed by atoms with van der Waals surface area (Å²) in [6, 6.07) is 6.40. The van der Waals surface area contributed by atoms with Crippen molar-refractivity contribution in [3.63, 3.8) is 0 Å². The van der Waals surface area contributed by atoms with Gasteiger partial charge in [-0.3, -0.25) is 0 Å². The van der Waals surface area contributed by atoms with E-state index in [0.717, 1.165) is 50.2 Å². The molecule has 2 heterocycles. The molecule has 1 fully saturated rings. The fourth-order valence-corrected chi connectivity index (χ4v) is 3.12. The van der Waals surface area contributed by atoms with Crippen molar-refractivity contribution in [2.75, 3.05) is 13.2 Å². The van der Waals surface area contributed by atoms with Gasteiger partial charge in [0.2, 0.25) is 0 Å². The number of nitrogens with two attached hydrogens (primary N) is 1. The minimum atomic E-state index is -0.0990. The predicted molar refractivity (Wildman–Crippen MR) is 70.8 cm³/mol. The number of hydrogen-bond acceptors (Lipinski definition) is 3. The van der Waals surface area contributed by atoms with Crippen LogP contribution in [0, 0.1) is 6.92 Å². The van der Waals surface area contributed by atoms with Crippen LogP contribution in [0.3, 0.4) is 0 Å². The van der Waals surface area contributed by atoms with E-state index in [1.807, 2.05) is 0 Å². The lowest BCUT2D eigenvalue weighted by Crippen LogP contribution is -2.43. The third kappa shape index (κ3) is 2.13.